The van der Waals surface area contributed by atoms with Gasteiger partial charge in [0.2, 0.25) is 5.91 Å². The van der Waals surface area contributed by atoms with Gasteiger partial charge in [-0.2, -0.15) is 5.10 Å². The second-order valence-corrected chi connectivity index (χ2v) is 7.31. The molecule has 1 fully saturated rings. The van der Waals surface area contributed by atoms with Crippen LogP contribution in [0.5, 0.6) is 0 Å². The molecule has 3 rings (SSSR count). The van der Waals surface area contributed by atoms with E-state index >= 15 is 0 Å². The Labute approximate surface area is 138 Å². The van der Waals surface area contributed by atoms with Crippen LogP contribution in [0, 0.1) is 6.92 Å². The van der Waals surface area contributed by atoms with E-state index < -0.39 is 5.91 Å². The molecule has 7 heteroatoms. The van der Waals surface area contributed by atoms with E-state index in [9.17, 15) is 9.59 Å². The summed E-state index contributed by atoms with van der Waals surface area (Å²) in [7, 11) is 0. The van der Waals surface area contributed by atoms with E-state index in [4.69, 9.17) is 5.73 Å². The third-order valence-electron chi connectivity index (χ3n) is 4.19. The standard InChI is InChI=1S/C16H20N4O2S/c1-10-4-5-12(23-10)7-15(21)20-6-2-3-11(9-20)13-8-14(16(17)22)19-18-13/h4-5,8,11H,2-3,6-7,9H2,1H3,(H2,17,22)(H,18,19)/t11-/m0/s1. The Morgan fingerprint density at radius 2 is 2.30 bits per heavy atom. The molecule has 0 saturated carbocycles. The zero-order chi connectivity index (χ0) is 16.4. The minimum atomic E-state index is -0.538. The van der Waals surface area contributed by atoms with E-state index in [0.29, 0.717) is 13.0 Å². The Morgan fingerprint density at radius 3 is 2.96 bits per heavy atom. The van der Waals surface area contributed by atoms with Crippen molar-refractivity contribution in [1.29, 1.82) is 0 Å². The molecule has 1 aliphatic rings. The molecule has 1 saturated heterocycles. The van der Waals surface area contributed by atoms with Crippen LogP contribution in [-0.2, 0) is 11.2 Å². The topological polar surface area (TPSA) is 92.1 Å². The summed E-state index contributed by atoms with van der Waals surface area (Å²) in [5.41, 5.74) is 6.36. The molecule has 122 valence electrons. The van der Waals surface area contributed by atoms with Crippen molar-refractivity contribution < 1.29 is 9.59 Å². The molecule has 2 amide bonds. The van der Waals surface area contributed by atoms with Crippen molar-refractivity contribution in [2.45, 2.75) is 32.1 Å². The average Bonchev–Trinajstić information content (AvgIpc) is 3.17. The number of thiophene rings is 1. The number of rotatable bonds is 4. The van der Waals surface area contributed by atoms with E-state index in [1.807, 2.05) is 24.0 Å². The lowest BCUT2D eigenvalue weighted by atomic mass is 9.94. The van der Waals surface area contributed by atoms with E-state index in [0.717, 1.165) is 30.0 Å². The van der Waals surface area contributed by atoms with Gasteiger partial charge in [-0.1, -0.05) is 0 Å². The summed E-state index contributed by atoms with van der Waals surface area (Å²) in [4.78, 5) is 27.9. The number of nitrogens with two attached hydrogens (primary N) is 1. The highest BCUT2D eigenvalue weighted by Gasteiger charge is 2.26. The van der Waals surface area contributed by atoms with Crippen molar-refractivity contribution in [3.8, 4) is 0 Å². The number of carbonyl (C=O) groups is 2. The lowest BCUT2D eigenvalue weighted by Gasteiger charge is -2.32. The van der Waals surface area contributed by atoms with Gasteiger partial charge >= 0.3 is 0 Å². The van der Waals surface area contributed by atoms with Gasteiger partial charge in [-0.15, -0.1) is 11.3 Å². The quantitative estimate of drug-likeness (QED) is 0.894. The highest BCUT2D eigenvalue weighted by molar-refractivity contribution is 7.12. The van der Waals surface area contributed by atoms with Crippen molar-refractivity contribution >= 4 is 23.2 Å². The zero-order valence-corrected chi connectivity index (χ0v) is 13.9. The van der Waals surface area contributed by atoms with Crippen molar-refractivity contribution in [2.24, 2.45) is 5.73 Å². The van der Waals surface area contributed by atoms with Gasteiger partial charge in [0.15, 0.2) is 0 Å². The number of hydrogen-bond acceptors (Lipinski definition) is 4. The summed E-state index contributed by atoms with van der Waals surface area (Å²) in [6, 6.07) is 5.76. The summed E-state index contributed by atoms with van der Waals surface area (Å²) < 4.78 is 0. The molecule has 23 heavy (non-hydrogen) atoms. The van der Waals surface area contributed by atoms with Crippen LogP contribution < -0.4 is 5.73 Å². The van der Waals surface area contributed by atoms with Crippen LogP contribution in [0.25, 0.3) is 0 Å². The third-order valence-corrected chi connectivity index (χ3v) is 5.19. The molecule has 2 aromatic rings. The molecule has 0 aliphatic carbocycles. The largest absolute Gasteiger partial charge is 0.364 e. The SMILES string of the molecule is Cc1ccc(CC(=O)N2CCC[C@H](c3cc(C(N)=O)n[nH]3)C2)s1. The summed E-state index contributed by atoms with van der Waals surface area (Å²) in [5, 5.41) is 6.81. The van der Waals surface area contributed by atoms with Gasteiger partial charge in [-0.05, 0) is 38.0 Å². The Kier molecular flexibility index (Phi) is 4.47. The van der Waals surface area contributed by atoms with E-state index in [1.54, 1.807) is 17.4 Å². The Balaban J connectivity index is 1.65. The minimum absolute atomic E-state index is 0.159. The maximum absolute atomic E-state index is 12.5. The molecule has 0 aromatic carbocycles. The summed E-state index contributed by atoms with van der Waals surface area (Å²) in [6.07, 6.45) is 2.38. The van der Waals surface area contributed by atoms with Gasteiger partial charge in [0.1, 0.15) is 5.69 Å². The average molecular weight is 332 g/mol. The van der Waals surface area contributed by atoms with Crippen molar-refractivity contribution in [1.82, 2.24) is 15.1 Å². The molecular weight excluding hydrogens is 312 g/mol. The van der Waals surface area contributed by atoms with Crippen molar-refractivity contribution in [2.75, 3.05) is 13.1 Å². The highest BCUT2D eigenvalue weighted by Crippen LogP contribution is 2.27. The first-order valence-electron chi connectivity index (χ1n) is 7.71. The van der Waals surface area contributed by atoms with E-state index in [-0.39, 0.29) is 17.5 Å². The molecular formula is C16H20N4O2S. The lowest BCUT2D eigenvalue weighted by Crippen LogP contribution is -2.39. The molecule has 0 spiro atoms. The first-order valence-corrected chi connectivity index (χ1v) is 8.53. The number of primary amides is 1. The van der Waals surface area contributed by atoms with E-state index in [2.05, 4.69) is 10.2 Å². The zero-order valence-electron chi connectivity index (χ0n) is 13.0. The number of nitrogens with one attached hydrogen (secondary N) is 1. The van der Waals surface area contributed by atoms with Crippen LogP contribution in [0.2, 0.25) is 0 Å². The fourth-order valence-electron chi connectivity index (χ4n) is 2.97. The van der Waals surface area contributed by atoms with Gasteiger partial charge < -0.3 is 10.6 Å². The molecule has 3 heterocycles. The minimum Gasteiger partial charge on any atom is -0.364 e. The van der Waals surface area contributed by atoms with Gasteiger partial charge in [-0.3, -0.25) is 14.7 Å². The first-order chi connectivity index (χ1) is 11.0. The van der Waals surface area contributed by atoms with Crippen LogP contribution in [0.15, 0.2) is 18.2 Å². The molecule has 3 N–H and O–H groups in total. The third kappa shape index (κ3) is 3.61. The number of likely N-dealkylation sites (tertiary alicyclic amines) is 1. The predicted octanol–water partition coefficient (Wildman–Crippen LogP) is 1.83. The number of carbonyl (C=O) groups excluding carboxylic acids is 2. The summed E-state index contributed by atoms with van der Waals surface area (Å²) in [5.74, 6) is -0.200. The number of aromatic nitrogens is 2. The second-order valence-electron chi connectivity index (χ2n) is 5.94. The van der Waals surface area contributed by atoms with Gasteiger partial charge in [-0.25, -0.2) is 0 Å². The van der Waals surface area contributed by atoms with Gasteiger partial charge in [0, 0.05) is 34.5 Å². The normalized spacial score (nSPS) is 18.1. The van der Waals surface area contributed by atoms with Crippen LogP contribution in [0.4, 0.5) is 0 Å². The first kappa shape index (κ1) is 15.7. The van der Waals surface area contributed by atoms with Crippen LogP contribution in [0.1, 0.15) is 44.7 Å². The molecule has 1 atom stereocenters. The molecule has 2 aromatic heterocycles. The predicted molar refractivity (Wildman–Crippen MR) is 88.4 cm³/mol. The Hall–Kier alpha value is -2.15. The summed E-state index contributed by atoms with van der Waals surface area (Å²) >= 11 is 1.67. The van der Waals surface area contributed by atoms with Crippen molar-refractivity contribution in [3.63, 3.8) is 0 Å². The monoisotopic (exact) mass is 332 g/mol. The van der Waals surface area contributed by atoms with Gasteiger partial charge in [0.05, 0.1) is 6.42 Å². The number of nitrogens with zero attached hydrogens (tertiary/aromatic N) is 2. The Morgan fingerprint density at radius 1 is 1.48 bits per heavy atom. The smallest absolute Gasteiger partial charge is 0.269 e. The van der Waals surface area contributed by atoms with Crippen molar-refractivity contribution in [3.05, 3.63) is 39.3 Å². The maximum Gasteiger partial charge on any atom is 0.269 e. The molecule has 0 radical (unpaired) electrons. The number of aromatic amines is 1. The number of aryl methyl sites for hydroxylation is 1. The van der Waals surface area contributed by atoms with Crippen LogP contribution in [-0.4, -0.2) is 40.0 Å². The molecule has 0 bridgehead atoms. The lowest BCUT2D eigenvalue weighted by molar-refractivity contribution is -0.131. The molecule has 6 nitrogen and oxygen atoms in total. The number of piperidine rings is 1. The molecule has 0 unspecified atom stereocenters. The maximum atomic E-state index is 12.5. The Bertz CT molecular complexity index is 721. The number of amides is 2. The van der Waals surface area contributed by atoms with E-state index in [1.165, 1.54) is 4.88 Å². The van der Waals surface area contributed by atoms with Gasteiger partial charge in [0.25, 0.3) is 5.91 Å². The fraction of sp³-hybridized carbons (Fsp3) is 0.438. The number of H-pyrrole nitrogens is 1. The number of hydrogen-bond donors (Lipinski definition) is 2. The summed E-state index contributed by atoms with van der Waals surface area (Å²) in [6.45, 7) is 3.49. The van der Waals surface area contributed by atoms with Crippen LogP contribution in [0.3, 0.4) is 0 Å². The van der Waals surface area contributed by atoms with Crippen LogP contribution >= 0.6 is 11.3 Å². The highest BCUT2D eigenvalue weighted by atomic mass is 32.1. The molecule has 1 aliphatic heterocycles. The fourth-order valence-corrected chi connectivity index (χ4v) is 3.85. The second kappa shape index (κ2) is 6.54.